The highest BCUT2D eigenvalue weighted by molar-refractivity contribution is 9.10. The lowest BCUT2D eigenvalue weighted by molar-refractivity contribution is -0.144. The zero-order valence-electron chi connectivity index (χ0n) is 11.1. The molecular formula is C13H17BrN2O3. The van der Waals surface area contributed by atoms with E-state index in [-0.39, 0.29) is 24.5 Å². The summed E-state index contributed by atoms with van der Waals surface area (Å²) in [5, 5.41) is 5.36. The summed E-state index contributed by atoms with van der Waals surface area (Å²) in [4.78, 5) is 22.9. The maximum absolute atomic E-state index is 11.7. The molecule has 0 aliphatic rings. The number of urea groups is 1. The number of hydrogen-bond acceptors (Lipinski definition) is 3. The van der Waals surface area contributed by atoms with Crippen LogP contribution in [0.5, 0.6) is 0 Å². The Morgan fingerprint density at radius 1 is 1.42 bits per heavy atom. The van der Waals surface area contributed by atoms with Crippen molar-refractivity contribution >= 4 is 33.6 Å². The van der Waals surface area contributed by atoms with Gasteiger partial charge in [0.05, 0.1) is 13.0 Å². The molecule has 1 aromatic rings. The van der Waals surface area contributed by atoms with Gasteiger partial charge in [0.1, 0.15) is 0 Å². The monoisotopic (exact) mass is 328 g/mol. The number of methoxy groups -OCH3 is 1. The number of esters is 1. The van der Waals surface area contributed by atoms with E-state index in [1.165, 1.54) is 7.11 Å². The van der Waals surface area contributed by atoms with Crippen molar-refractivity contribution in [1.29, 1.82) is 0 Å². The number of ether oxygens (including phenoxy) is 1. The van der Waals surface area contributed by atoms with Crippen LogP contribution in [0.1, 0.15) is 12.5 Å². The second-order valence-corrected chi connectivity index (χ2v) is 5.13. The molecule has 0 radical (unpaired) electrons. The van der Waals surface area contributed by atoms with E-state index in [2.05, 4.69) is 31.3 Å². The minimum absolute atomic E-state index is 0.228. The van der Waals surface area contributed by atoms with Crippen LogP contribution in [0.2, 0.25) is 0 Å². The Morgan fingerprint density at radius 2 is 2.11 bits per heavy atom. The Hall–Kier alpha value is -1.56. The first-order chi connectivity index (χ1) is 8.93. The van der Waals surface area contributed by atoms with E-state index in [0.29, 0.717) is 0 Å². The van der Waals surface area contributed by atoms with E-state index in [1.54, 1.807) is 6.92 Å². The highest BCUT2D eigenvalue weighted by Crippen LogP contribution is 2.20. The average Bonchev–Trinajstić information content (AvgIpc) is 2.39. The van der Waals surface area contributed by atoms with Gasteiger partial charge in [-0.05, 0) is 24.6 Å². The number of carbonyl (C=O) groups excluding carboxylic acids is 2. The van der Waals surface area contributed by atoms with Gasteiger partial charge in [0, 0.05) is 16.7 Å². The molecule has 6 heteroatoms. The quantitative estimate of drug-likeness (QED) is 0.835. The number of rotatable bonds is 4. The topological polar surface area (TPSA) is 67.4 Å². The number of benzene rings is 1. The van der Waals surface area contributed by atoms with Crippen LogP contribution in [-0.2, 0) is 9.53 Å². The van der Waals surface area contributed by atoms with Crippen molar-refractivity contribution in [3.8, 4) is 0 Å². The lowest BCUT2D eigenvalue weighted by Gasteiger charge is -2.12. The van der Waals surface area contributed by atoms with E-state index in [1.807, 2.05) is 25.1 Å². The summed E-state index contributed by atoms with van der Waals surface area (Å²) in [6.45, 7) is 3.82. The van der Waals surface area contributed by atoms with Crippen LogP contribution in [0.25, 0.3) is 0 Å². The third-order valence-corrected chi connectivity index (χ3v) is 3.11. The second kappa shape index (κ2) is 7.13. The molecule has 0 aliphatic carbocycles. The number of anilines is 1. The number of amides is 2. The molecule has 0 bridgehead atoms. The van der Waals surface area contributed by atoms with Gasteiger partial charge in [-0.1, -0.05) is 28.9 Å². The van der Waals surface area contributed by atoms with Crippen LogP contribution in [0.3, 0.4) is 0 Å². The van der Waals surface area contributed by atoms with Gasteiger partial charge in [-0.3, -0.25) is 4.79 Å². The lowest BCUT2D eigenvalue weighted by Crippen LogP contribution is -2.35. The van der Waals surface area contributed by atoms with Gasteiger partial charge in [0.2, 0.25) is 0 Å². The maximum atomic E-state index is 11.7. The fraction of sp³-hybridized carbons (Fsp3) is 0.385. The summed E-state index contributed by atoms with van der Waals surface area (Å²) < 4.78 is 5.47. The summed E-state index contributed by atoms with van der Waals surface area (Å²) >= 11 is 3.34. The van der Waals surface area contributed by atoms with Gasteiger partial charge in [0.15, 0.2) is 0 Å². The van der Waals surface area contributed by atoms with Gasteiger partial charge in [-0.15, -0.1) is 0 Å². The summed E-state index contributed by atoms with van der Waals surface area (Å²) in [5.74, 6) is -0.724. The van der Waals surface area contributed by atoms with Crippen LogP contribution < -0.4 is 10.6 Å². The van der Waals surface area contributed by atoms with Crippen molar-refractivity contribution in [1.82, 2.24) is 5.32 Å². The highest BCUT2D eigenvalue weighted by atomic mass is 79.9. The van der Waals surface area contributed by atoms with Crippen LogP contribution in [-0.4, -0.2) is 25.7 Å². The molecule has 2 N–H and O–H groups in total. The Bertz CT molecular complexity index is 477. The second-order valence-electron chi connectivity index (χ2n) is 4.22. The molecule has 0 unspecified atom stereocenters. The van der Waals surface area contributed by atoms with Crippen LogP contribution >= 0.6 is 15.9 Å². The van der Waals surface area contributed by atoms with E-state index in [0.717, 1.165) is 15.7 Å². The molecule has 5 nitrogen and oxygen atoms in total. The Morgan fingerprint density at radius 3 is 2.74 bits per heavy atom. The Kier molecular flexibility index (Phi) is 5.82. The fourth-order valence-electron chi connectivity index (χ4n) is 1.43. The first-order valence-electron chi connectivity index (χ1n) is 5.83. The predicted octanol–water partition coefficient (Wildman–Crippen LogP) is 2.69. The normalized spacial score (nSPS) is 11.6. The third-order valence-electron chi connectivity index (χ3n) is 2.62. The molecule has 0 spiro atoms. The molecule has 104 valence electrons. The Balaban J connectivity index is 2.52. The zero-order valence-corrected chi connectivity index (χ0v) is 12.7. The van der Waals surface area contributed by atoms with Crippen molar-refractivity contribution in [3.63, 3.8) is 0 Å². The average molecular weight is 329 g/mol. The molecule has 1 aromatic carbocycles. The molecule has 1 atom stereocenters. The van der Waals surface area contributed by atoms with Gasteiger partial charge < -0.3 is 15.4 Å². The van der Waals surface area contributed by atoms with Crippen LogP contribution in [0.15, 0.2) is 22.7 Å². The van der Waals surface area contributed by atoms with E-state index in [9.17, 15) is 9.59 Å². The largest absolute Gasteiger partial charge is 0.469 e. The molecule has 0 saturated heterocycles. The van der Waals surface area contributed by atoms with Crippen molar-refractivity contribution in [2.24, 2.45) is 5.92 Å². The lowest BCUT2D eigenvalue weighted by atomic mass is 10.2. The predicted molar refractivity (Wildman–Crippen MR) is 77.1 cm³/mol. The number of nitrogens with one attached hydrogen (secondary N) is 2. The molecule has 0 saturated carbocycles. The molecule has 19 heavy (non-hydrogen) atoms. The summed E-state index contributed by atoms with van der Waals surface area (Å²) in [6, 6.07) is 5.27. The number of carbonyl (C=O) groups is 2. The van der Waals surface area contributed by atoms with E-state index >= 15 is 0 Å². The van der Waals surface area contributed by atoms with Gasteiger partial charge in [-0.25, -0.2) is 4.79 Å². The number of hydrogen-bond donors (Lipinski definition) is 2. The molecular weight excluding hydrogens is 312 g/mol. The summed E-state index contributed by atoms with van der Waals surface area (Å²) in [5.41, 5.74) is 1.68. The minimum Gasteiger partial charge on any atom is -0.469 e. The van der Waals surface area contributed by atoms with Gasteiger partial charge >= 0.3 is 12.0 Å². The molecule has 0 fully saturated rings. The molecule has 0 heterocycles. The van der Waals surface area contributed by atoms with Gasteiger partial charge in [0.25, 0.3) is 0 Å². The molecule has 0 aromatic heterocycles. The molecule has 0 aliphatic heterocycles. The van der Waals surface area contributed by atoms with Crippen LogP contribution in [0.4, 0.5) is 10.5 Å². The first kappa shape index (κ1) is 15.5. The number of aryl methyl sites for hydroxylation is 1. The maximum Gasteiger partial charge on any atom is 0.319 e. The van der Waals surface area contributed by atoms with E-state index < -0.39 is 0 Å². The van der Waals surface area contributed by atoms with E-state index in [4.69, 9.17) is 0 Å². The van der Waals surface area contributed by atoms with Gasteiger partial charge in [-0.2, -0.15) is 0 Å². The van der Waals surface area contributed by atoms with Crippen molar-refractivity contribution in [3.05, 3.63) is 28.2 Å². The molecule has 2 amide bonds. The summed E-state index contributed by atoms with van der Waals surface area (Å²) in [6.07, 6.45) is 0. The first-order valence-corrected chi connectivity index (χ1v) is 6.62. The standard InChI is InChI=1S/C13H17BrN2O3/c1-8-4-5-10(14)6-11(8)16-13(18)15-7-9(2)12(17)19-3/h4-6,9H,7H2,1-3H3,(H2,15,16,18)/t9-/m0/s1. The Labute approximate surface area is 120 Å². The fourth-order valence-corrected chi connectivity index (χ4v) is 1.79. The molecule has 1 rings (SSSR count). The highest BCUT2D eigenvalue weighted by Gasteiger charge is 2.14. The van der Waals surface area contributed by atoms with Crippen molar-refractivity contribution in [2.45, 2.75) is 13.8 Å². The van der Waals surface area contributed by atoms with Crippen molar-refractivity contribution in [2.75, 3.05) is 19.0 Å². The SMILES string of the molecule is COC(=O)[C@@H](C)CNC(=O)Nc1cc(Br)ccc1C. The summed E-state index contributed by atoms with van der Waals surface area (Å²) in [7, 11) is 1.32. The minimum atomic E-state index is -0.376. The third kappa shape index (κ3) is 4.90. The van der Waals surface area contributed by atoms with Crippen LogP contribution in [0, 0.1) is 12.8 Å². The number of halogens is 1. The zero-order chi connectivity index (χ0) is 14.4. The smallest absolute Gasteiger partial charge is 0.319 e. The van der Waals surface area contributed by atoms with Crippen molar-refractivity contribution < 1.29 is 14.3 Å².